The van der Waals surface area contributed by atoms with Crippen molar-refractivity contribution < 1.29 is 18.0 Å². The van der Waals surface area contributed by atoms with Crippen molar-refractivity contribution in [2.24, 2.45) is 0 Å². The fourth-order valence-corrected chi connectivity index (χ4v) is 1.13. The molecule has 1 aromatic carbocycles. The molecule has 0 spiro atoms. The van der Waals surface area contributed by atoms with E-state index in [2.05, 4.69) is 21.2 Å². The molecule has 0 saturated carbocycles. The number of anilines is 1. The Bertz CT molecular complexity index is 411. The molecule has 1 atom stereocenters. The highest BCUT2D eigenvalue weighted by atomic mass is 79.9. The Morgan fingerprint density at radius 3 is 2.44 bits per heavy atom. The fraction of sp³-hybridized carbons (Fsp3) is 0.300. The van der Waals surface area contributed by atoms with E-state index in [9.17, 15) is 18.0 Å². The molecule has 1 unspecified atom stereocenters. The van der Waals surface area contributed by atoms with Crippen molar-refractivity contribution >= 4 is 27.5 Å². The molecule has 2 nitrogen and oxygen atoms in total. The van der Waals surface area contributed by atoms with Gasteiger partial charge in [0.25, 0.3) is 0 Å². The molecule has 0 heterocycles. The molecule has 0 radical (unpaired) electrons. The van der Waals surface area contributed by atoms with Gasteiger partial charge in [0.1, 0.15) is 5.82 Å². The summed E-state index contributed by atoms with van der Waals surface area (Å²) in [5.74, 6) is -4.02. The predicted octanol–water partition coefficient (Wildman–Crippen LogP) is 3.22. The monoisotopic (exact) mass is 295 g/mol. The molecule has 1 amide bonds. The first-order valence-electron chi connectivity index (χ1n) is 4.55. The predicted molar refractivity (Wildman–Crippen MR) is 58.0 cm³/mol. The van der Waals surface area contributed by atoms with E-state index in [0.29, 0.717) is 18.6 Å². The van der Waals surface area contributed by atoms with Crippen LogP contribution in [0.3, 0.4) is 0 Å². The SMILES string of the molecule is CCC(Br)C(=O)Nc1cc(F)c(F)cc1F. The van der Waals surface area contributed by atoms with Gasteiger partial charge in [0.05, 0.1) is 10.5 Å². The first-order chi connectivity index (χ1) is 7.45. The highest BCUT2D eigenvalue weighted by Crippen LogP contribution is 2.19. The van der Waals surface area contributed by atoms with Crippen LogP contribution in [-0.2, 0) is 4.79 Å². The molecule has 0 saturated heterocycles. The zero-order chi connectivity index (χ0) is 12.3. The van der Waals surface area contributed by atoms with Crippen LogP contribution in [0, 0.1) is 17.5 Å². The van der Waals surface area contributed by atoms with Gasteiger partial charge in [0.15, 0.2) is 11.6 Å². The number of benzene rings is 1. The summed E-state index contributed by atoms with van der Waals surface area (Å²) >= 11 is 3.05. The van der Waals surface area contributed by atoms with Crippen LogP contribution in [0.25, 0.3) is 0 Å². The highest BCUT2D eigenvalue weighted by molar-refractivity contribution is 9.10. The number of halogens is 4. The second-order valence-corrected chi connectivity index (χ2v) is 4.22. The maximum atomic E-state index is 13.1. The van der Waals surface area contributed by atoms with Crippen LogP contribution < -0.4 is 5.32 Å². The van der Waals surface area contributed by atoms with Gasteiger partial charge in [-0.05, 0) is 6.42 Å². The summed E-state index contributed by atoms with van der Waals surface area (Å²) in [4.78, 5) is 10.9. The number of carbonyl (C=O) groups excluding carboxylic acids is 1. The van der Waals surface area contributed by atoms with Gasteiger partial charge in [0.2, 0.25) is 5.91 Å². The van der Waals surface area contributed by atoms with Gasteiger partial charge < -0.3 is 5.32 Å². The van der Waals surface area contributed by atoms with Gasteiger partial charge in [-0.15, -0.1) is 0 Å². The molecule has 1 N–H and O–H groups in total. The minimum Gasteiger partial charge on any atom is -0.323 e. The fourth-order valence-electron chi connectivity index (χ4n) is 1.01. The summed E-state index contributed by atoms with van der Waals surface area (Å²) in [6, 6.07) is 0.998. The standard InChI is InChI=1S/C10H9BrF3NO/c1-2-5(11)10(16)15-9-4-7(13)6(12)3-8(9)14/h3-5H,2H2,1H3,(H,15,16). The maximum Gasteiger partial charge on any atom is 0.238 e. The normalized spacial score (nSPS) is 12.3. The number of amides is 1. The third-order valence-electron chi connectivity index (χ3n) is 1.91. The molecule has 0 bridgehead atoms. The Morgan fingerprint density at radius 1 is 1.31 bits per heavy atom. The van der Waals surface area contributed by atoms with E-state index in [1.807, 2.05) is 0 Å². The van der Waals surface area contributed by atoms with Crippen molar-refractivity contribution in [1.29, 1.82) is 0 Å². The van der Waals surface area contributed by atoms with Crippen LogP contribution in [0.2, 0.25) is 0 Å². The number of carbonyl (C=O) groups is 1. The van der Waals surface area contributed by atoms with E-state index < -0.39 is 28.2 Å². The first kappa shape index (κ1) is 13.0. The second-order valence-electron chi connectivity index (χ2n) is 3.11. The van der Waals surface area contributed by atoms with Crippen LogP contribution in [0.5, 0.6) is 0 Å². The molecule has 0 aliphatic heterocycles. The number of hydrogen-bond donors (Lipinski definition) is 1. The molecule has 16 heavy (non-hydrogen) atoms. The quantitative estimate of drug-likeness (QED) is 0.673. The average Bonchev–Trinajstić information content (AvgIpc) is 2.24. The molecular formula is C10H9BrF3NO. The summed E-state index contributed by atoms with van der Waals surface area (Å²) in [6.45, 7) is 1.75. The Labute approximate surface area is 99.0 Å². The summed E-state index contributed by atoms with van der Waals surface area (Å²) in [5, 5.41) is 2.16. The summed E-state index contributed by atoms with van der Waals surface area (Å²) in [6.07, 6.45) is 0.497. The van der Waals surface area contributed by atoms with Crippen LogP contribution in [0.4, 0.5) is 18.9 Å². The Balaban J connectivity index is 2.90. The zero-order valence-corrected chi connectivity index (χ0v) is 9.95. The lowest BCUT2D eigenvalue weighted by molar-refractivity contribution is -0.115. The highest BCUT2D eigenvalue weighted by Gasteiger charge is 2.16. The minimum atomic E-state index is -1.29. The molecule has 1 rings (SSSR count). The Hall–Kier alpha value is -1.04. The van der Waals surface area contributed by atoms with Crippen molar-refractivity contribution in [3.8, 4) is 0 Å². The zero-order valence-electron chi connectivity index (χ0n) is 8.36. The van der Waals surface area contributed by atoms with E-state index in [1.165, 1.54) is 0 Å². The third-order valence-corrected chi connectivity index (χ3v) is 2.97. The summed E-state index contributed by atoms with van der Waals surface area (Å²) in [7, 11) is 0. The van der Waals surface area contributed by atoms with Gasteiger partial charge in [-0.25, -0.2) is 13.2 Å². The molecule has 0 fully saturated rings. The lowest BCUT2D eigenvalue weighted by Crippen LogP contribution is -2.22. The van der Waals surface area contributed by atoms with Crippen LogP contribution in [0.1, 0.15) is 13.3 Å². The van der Waals surface area contributed by atoms with Gasteiger partial charge in [-0.3, -0.25) is 4.79 Å². The molecule has 88 valence electrons. The van der Waals surface area contributed by atoms with Crippen molar-refractivity contribution in [3.63, 3.8) is 0 Å². The van der Waals surface area contributed by atoms with Crippen molar-refractivity contribution in [1.82, 2.24) is 0 Å². The van der Waals surface area contributed by atoms with Gasteiger partial charge in [-0.1, -0.05) is 22.9 Å². The third kappa shape index (κ3) is 2.98. The molecule has 6 heteroatoms. The van der Waals surface area contributed by atoms with E-state index in [0.717, 1.165) is 0 Å². The second kappa shape index (κ2) is 5.34. The Kier molecular flexibility index (Phi) is 4.35. The summed E-state index contributed by atoms with van der Waals surface area (Å²) < 4.78 is 38.5. The summed E-state index contributed by atoms with van der Waals surface area (Å²) in [5.41, 5.74) is -0.373. The van der Waals surface area contributed by atoms with E-state index in [-0.39, 0.29) is 5.69 Å². The molecule has 0 aliphatic carbocycles. The van der Waals surface area contributed by atoms with E-state index in [1.54, 1.807) is 6.92 Å². The van der Waals surface area contributed by atoms with E-state index in [4.69, 9.17) is 0 Å². The lowest BCUT2D eigenvalue weighted by Gasteiger charge is -2.09. The van der Waals surface area contributed by atoms with Crippen LogP contribution in [-0.4, -0.2) is 10.7 Å². The van der Waals surface area contributed by atoms with Gasteiger partial charge in [0, 0.05) is 12.1 Å². The topological polar surface area (TPSA) is 29.1 Å². The van der Waals surface area contributed by atoms with Crippen LogP contribution >= 0.6 is 15.9 Å². The van der Waals surface area contributed by atoms with E-state index >= 15 is 0 Å². The van der Waals surface area contributed by atoms with Crippen molar-refractivity contribution in [3.05, 3.63) is 29.6 Å². The number of rotatable bonds is 3. The van der Waals surface area contributed by atoms with Crippen LogP contribution in [0.15, 0.2) is 12.1 Å². The molecular weight excluding hydrogens is 287 g/mol. The molecule has 0 aliphatic rings. The Morgan fingerprint density at radius 2 is 1.88 bits per heavy atom. The smallest absolute Gasteiger partial charge is 0.238 e. The van der Waals surface area contributed by atoms with Gasteiger partial charge in [-0.2, -0.15) is 0 Å². The average molecular weight is 296 g/mol. The number of hydrogen-bond acceptors (Lipinski definition) is 1. The minimum absolute atomic E-state index is 0.373. The first-order valence-corrected chi connectivity index (χ1v) is 5.46. The number of nitrogens with one attached hydrogen (secondary N) is 1. The van der Waals surface area contributed by atoms with Gasteiger partial charge >= 0.3 is 0 Å². The van der Waals surface area contributed by atoms with Crippen molar-refractivity contribution in [2.75, 3.05) is 5.32 Å². The maximum absolute atomic E-state index is 13.1. The largest absolute Gasteiger partial charge is 0.323 e. The molecule has 1 aromatic rings. The lowest BCUT2D eigenvalue weighted by atomic mass is 10.2. The van der Waals surface area contributed by atoms with Crippen molar-refractivity contribution in [2.45, 2.75) is 18.2 Å². The number of alkyl halides is 1. The molecule has 0 aromatic heterocycles.